The van der Waals surface area contributed by atoms with Crippen molar-refractivity contribution in [2.45, 2.75) is 33.2 Å². The van der Waals surface area contributed by atoms with E-state index in [0.717, 1.165) is 0 Å². The SMILES string of the molecule is CCC(C)N(CC(=O)O)C(=O)c1oc2ccc(F)cc2c1C. The van der Waals surface area contributed by atoms with E-state index in [2.05, 4.69) is 0 Å². The van der Waals surface area contributed by atoms with Gasteiger partial charge in [0.1, 0.15) is 17.9 Å². The van der Waals surface area contributed by atoms with Crippen molar-refractivity contribution in [1.82, 2.24) is 4.90 Å². The van der Waals surface area contributed by atoms with Crippen molar-refractivity contribution < 1.29 is 23.5 Å². The first-order chi connectivity index (χ1) is 10.3. The Hall–Kier alpha value is -2.37. The van der Waals surface area contributed by atoms with Crippen LogP contribution in [0.25, 0.3) is 11.0 Å². The normalized spacial score (nSPS) is 12.4. The van der Waals surface area contributed by atoms with E-state index in [1.165, 1.54) is 23.1 Å². The summed E-state index contributed by atoms with van der Waals surface area (Å²) in [7, 11) is 0. The lowest BCUT2D eigenvalue weighted by molar-refractivity contribution is -0.138. The van der Waals surface area contributed by atoms with Crippen LogP contribution in [0.2, 0.25) is 0 Å². The lowest BCUT2D eigenvalue weighted by atomic mass is 10.1. The molecule has 0 radical (unpaired) electrons. The lowest BCUT2D eigenvalue weighted by Gasteiger charge is -2.26. The third-order valence-corrected chi connectivity index (χ3v) is 3.78. The summed E-state index contributed by atoms with van der Waals surface area (Å²) in [6.45, 7) is 4.90. The predicted molar refractivity (Wildman–Crippen MR) is 79.3 cm³/mol. The van der Waals surface area contributed by atoms with Gasteiger partial charge in [-0.2, -0.15) is 0 Å². The van der Waals surface area contributed by atoms with Crippen LogP contribution in [0.4, 0.5) is 4.39 Å². The van der Waals surface area contributed by atoms with Crippen molar-refractivity contribution in [3.63, 3.8) is 0 Å². The second-order valence-corrected chi connectivity index (χ2v) is 5.28. The van der Waals surface area contributed by atoms with Crippen LogP contribution >= 0.6 is 0 Å². The average molecular weight is 307 g/mol. The molecule has 0 bridgehead atoms. The van der Waals surface area contributed by atoms with Gasteiger partial charge in [0, 0.05) is 17.0 Å². The average Bonchev–Trinajstić information content (AvgIpc) is 2.80. The summed E-state index contributed by atoms with van der Waals surface area (Å²) in [5.41, 5.74) is 0.917. The van der Waals surface area contributed by atoms with Crippen LogP contribution in [-0.2, 0) is 4.79 Å². The first-order valence-electron chi connectivity index (χ1n) is 7.06. The van der Waals surface area contributed by atoms with Crippen LogP contribution < -0.4 is 0 Å². The smallest absolute Gasteiger partial charge is 0.323 e. The number of aryl methyl sites for hydroxylation is 1. The zero-order valence-electron chi connectivity index (χ0n) is 12.7. The molecule has 0 aliphatic carbocycles. The summed E-state index contributed by atoms with van der Waals surface area (Å²) in [5, 5.41) is 9.51. The number of carbonyl (C=O) groups excluding carboxylic acids is 1. The van der Waals surface area contributed by atoms with E-state index in [1.807, 2.05) is 6.92 Å². The van der Waals surface area contributed by atoms with Crippen LogP contribution in [0, 0.1) is 12.7 Å². The maximum absolute atomic E-state index is 13.3. The van der Waals surface area contributed by atoms with Crippen molar-refractivity contribution in [1.29, 1.82) is 0 Å². The van der Waals surface area contributed by atoms with Gasteiger partial charge in [-0.1, -0.05) is 6.92 Å². The molecule has 22 heavy (non-hydrogen) atoms. The number of aliphatic carboxylic acids is 1. The fraction of sp³-hybridized carbons (Fsp3) is 0.375. The molecule has 0 fully saturated rings. The molecule has 1 aromatic heterocycles. The van der Waals surface area contributed by atoms with E-state index in [-0.39, 0.29) is 11.8 Å². The molecule has 1 heterocycles. The Morgan fingerprint density at radius 3 is 2.68 bits per heavy atom. The molecule has 5 nitrogen and oxygen atoms in total. The third kappa shape index (κ3) is 2.95. The standard InChI is InChI=1S/C16H18FNO4/c1-4-9(2)18(8-14(19)20)16(21)15-10(3)12-7-11(17)5-6-13(12)22-15/h5-7,9H,4,8H2,1-3H3,(H,19,20). The highest BCUT2D eigenvalue weighted by Crippen LogP contribution is 2.27. The van der Waals surface area contributed by atoms with Crippen LogP contribution in [0.1, 0.15) is 36.4 Å². The van der Waals surface area contributed by atoms with Crippen LogP contribution in [0.15, 0.2) is 22.6 Å². The van der Waals surface area contributed by atoms with E-state index in [4.69, 9.17) is 9.52 Å². The van der Waals surface area contributed by atoms with Gasteiger partial charge < -0.3 is 14.4 Å². The molecular formula is C16H18FNO4. The number of halogens is 1. The molecule has 1 N–H and O–H groups in total. The maximum Gasteiger partial charge on any atom is 0.323 e. The van der Waals surface area contributed by atoms with Crippen molar-refractivity contribution in [3.8, 4) is 0 Å². The highest BCUT2D eigenvalue weighted by atomic mass is 19.1. The highest BCUT2D eigenvalue weighted by Gasteiger charge is 2.27. The summed E-state index contributed by atoms with van der Waals surface area (Å²) in [6.07, 6.45) is 0.618. The van der Waals surface area contributed by atoms with Crippen molar-refractivity contribution in [2.75, 3.05) is 6.54 Å². The summed E-state index contributed by atoms with van der Waals surface area (Å²) in [4.78, 5) is 24.9. The van der Waals surface area contributed by atoms with Crippen molar-refractivity contribution in [2.24, 2.45) is 0 Å². The quantitative estimate of drug-likeness (QED) is 0.920. The minimum absolute atomic E-state index is 0.0575. The summed E-state index contributed by atoms with van der Waals surface area (Å²) >= 11 is 0. The van der Waals surface area contributed by atoms with Gasteiger partial charge in [0.05, 0.1) is 0 Å². The number of fused-ring (bicyclic) bond motifs is 1. The minimum Gasteiger partial charge on any atom is -0.480 e. The molecule has 6 heteroatoms. The van der Waals surface area contributed by atoms with E-state index < -0.39 is 24.2 Å². The number of hydrogen-bond acceptors (Lipinski definition) is 3. The summed E-state index contributed by atoms with van der Waals surface area (Å²) in [5.74, 6) is -1.94. The topological polar surface area (TPSA) is 70.8 Å². The van der Waals surface area contributed by atoms with Crippen molar-refractivity contribution in [3.05, 3.63) is 35.3 Å². The van der Waals surface area contributed by atoms with E-state index in [9.17, 15) is 14.0 Å². The van der Waals surface area contributed by atoms with Gasteiger partial charge >= 0.3 is 5.97 Å². The van der Waals surface area contributed by atoms with Gasteiger partial charge in [0.2, 0.25) is 0 Å². The highest BCUT2D eigenvalue weighted by molar-refractivity contribution is 6.00. The fourth-order valence-electron chi connectivity index (χ4n) is 2.32. The summed E-state index contributed by atoms with van der Waals surface area (Å²) < 4.78 is 18.8. The number of carbonyl (C=O) groups is 2. The lowest BCUT2D eigenvalue weighted by Crippen LogP contribution is -2.41. The number of furan rings is 1. The molecule has 0 saturated heterocycles. The number of amides is 1. The van der Waals surface area contributed by atoms with Crippen molar-refractivity contribution >= 4 is 22.8 Å². The van der Waals surface area contributed by atoms with Crippen LogP contribution in [0.5, 0.6) is 0 Å². The molecule has 0 aliphatic heterocycles. The zero-order valence-corrected chi connectivity index (χ0v) is 12.7. The Labute approximate surface area is 127 Å². The molecule has 1 aromatic carbocycles. The monoisotopic (exact) mass is 307 g/mol. The number of carboxylic acid groups (broad SMARTS) is 1. The van der Waals surface area contributed by atoms with Gasteiger partial charge in [-0.05, 0) is 38.5 Å². The van der Waals surface area contributed by atoms with Crippen LogP contribution in [0.3, 0.4) is 0 Å². The van der Waals surface area contributed by atoms with Gasteiger partial charge in [-0.25, -0.2) is 4.39 Å². The van der Waals surface area contributed by atoms with E-state index in [1.54, 1.807) is 13.8 Å². The maximum atomic E-state index is 13.3. The molecule has 118 valence electrons. The Bertz CT molecular complexity index is 722. The molecule has 1 amide bonds. The molecule has 2 rings (SSSR count). The molecule has 0 aliphatic rings. The number of carboxylic acids is 1. The molecule has 1 unspecified atom stereocenters. The van der Waals surface area contributed by atoms with Gasteiger partial charge in [0.25, 0.3) is 5.91 Å². The largest absolute Gasteiger partial charge is 0.480 e. The zero-order chi connectivity index (χ0) is 16.4. The van der Waals surface area contributed by atoms with Crippen LogP contribution in [-0.4, -0.2) is 34.5 Å². The van der Waals surface area contributed by atoms with Gasteiger partial charge in [0.15, 0.2) is 5.76 Å². The minimum atomic E-state index is -1.09. The second-order valence-electron chi connectivity index (χ2n) is 5.28. The number of benzene rings is 1. The number of rotatable bonds is 5. The summed E-state index contributed by atoms with van der Waals surface area (Å²) in [6, 6.07) is 3.77. The van der Waals surface area contributed by atoms with Gasteiger partial charge in [-0.3, -0.25) is 9.59 Å². The first-order valence-corrected chi connectivity index (χ1v) is 7.06. The molecule has 1 atom stereocenters. The third-order valence-electron chi connectivity index (χ3n) is 3.78. The Balaban J connectivity index is 2.46. The molecule has 0 spiro atoms. The number of nitrogens with zero attached hydrogens (tertiary/aromatic N) is 1. The van der Waals surface area contributed by atoms with Gasteiger partial charge in [-0.15, -0.1) is 0 Å². The van der Waals surface area contributed by atoms with E-state index in [0.29, 0.717) is 23.0 Å². The number of hydrogen-bond donors (Lipinski definition) is 1. The Kier molecular flexibility index (Phi) is 4.49. The molecule has 2 aromatic rings. The first kappa shape index (κ1) is 16.0. The molecular weight excluding hydrogens is 289 g/mol. The Morgan fingerprint density at radius 2 is 2.09 bits per heavy atom. The second kappa shape index (κ2) is 6.17. The fourth-order valence-corrected chi connectivity index (χ4v) is 2.32. The molecule has 0 saturated carbocycles. The Morgan fingerprint density at radius 1 is 1.41 bits per heavy atom. The predicted octanol–water partition coefficient (Wildman–Crippen LogP) is 3.21. The van der Waals surface area contributed by atoms with E-state index >= 15 is 0 Å².